The highest BCUT2D eigenvalue weighted by Gasteiger charge is 2.08. The molecule has 0 spiro atoms. The Kier molecular flexibility index (Phi) is 20.2. The highest BCUT2D eigenvalue weighted by molar-refractivity contribution is 5.78. The van der Waals surface area contributed by atoms with Crippen LogP contribution in [-0.4, -0.2) is 18.9 Å². The number of allylic oxidation sites excluding steroid dienone is 2. The van der Waals surface area contributed by atoms with Crippen LogP contribution in [0.5, 0.6) is 0 Å². The maximum absolute atomic E-state index is 11.9. The summed E-state index contributed by atoms with van der Waals surface area (Å²) in [6, 6.07) is 0. The molecule has 0 fully saturated rings. The summed E-state index contributed by atoms with van der Waals surface area (Å²) in [4.78, 5) is 11.9. The number of nitrogens with one attached hydrogen (secondary N) is 1. The summed E-state index contributed by atoms with van der Waals surface area (Å²) < 4.78 is 0. The van der Waals surface area contributed by atoms with Crippen LogP contribution < -0.4 is 5.32 Å². The lowest BCUT2D eigenvalue weighted by molar-refractivity contribution is -0.119. The minimum atomic E-state index is 0.452. The van der Waals surface area contributed by atoms with Crippen molar-refractivity contribution in [1.82, 2.24) is 5.32 Å². The quantitative estimate of drug-likeness (QED) is 0.182. The first kappa shape index (κ1) is 25.4. The monoisotopic (exact) mass is 365 g/mol. The van der Waals surface area contributed by atoms with Gasteiger partial charge in [-0.1, -0.05) is 84.3 Å². The Balaban J connectivity index is 3.28. The van der Waals surface area contributed by atoms with Gasteiger partial charge in [-0.3, -0.25) is 4.79 Å². The zero-order chi connectivity index (χ0) is 19.3. The number of unbranched alkanes of at least 4 members (excludes halogenated alkanes) is 11. The van der Waals surface area contributed by atoms with Crippen LogP contribution in [-0.2, 0) is 4.79 Å². The highest BCUT2D eigenvalue weighted by Crippen LogP contribution is 2.11. The summed E-state index contributed by atoms with van der Waals surface area (Å²) >= 11 is 0. The van der Waals surface area contributed by atoms with Crippen molar-refractivity contribution in [2.75, 3.05) is 13.1 Å². The van der Waals surface area contributed by atoms with Crippen molar-refractivity contribution in [3.05, 3.63) is 12.2 Å². The van der Waals surface area contributed by atoms with Gasteiger partial charge in [-0.2, -0.15) is 0 Å². The predicted octanol–water partition coefficient (Wildman–Crippen LogP) is 7.23. The average Bonchev–Trinajstić information content (AvgIpc) is 2.63. The van der Waals surface area contributed by atoms with Crippen molar-refractivity contribution in [2.45, 2.75) is 117 Å². The van der Waals surface area contributed by atoms with E-state index < -0.39 is 0 Å². The standard InChI is InChI=1S/C24H47NO/c1-4-6-7-8-9-10-11-12-13-14-15-16-17-18-19-20-24(26)21-23(3)22-25-5-2/h12-13,23,25H,4-11,14-22H2,1-3H3/b13-12-/t23-/m1/s1. The van der Waals surface area contributed by atoms with Crippen molar-refractivity contribution in [3.8, 4) is 0 Å². The van der Waals surface area contributed by atoms with E-state index in [0.29, 0.717) is 11.7 Å². The van der Waals surface area contributed by atoms with E-state index >= 15 is 0 Å². The third-order valence-electron chi connectivity index (χ3n) is 5.04. The first-order valence-corrected chi connectivity index (χ1v) is 11.6. The Labute approximate surface area is 164 Å². The second kappa shape index (κ2) is 20.7. The van der Waals surface area contributed by atoms with Crippen LogP contribution in [0.3, 0.4) is 0 Å². The van der Waals surface area contributed by atoms with Gasteiger partial charge in [-0.05, 0) is 51.1 Å². The Morgan fingerprint density at radius 3 is 1.92 bits per heavy atom. The molecule has 0 bridgehead atoms. The topological polar surface area (TPSA) is 29.1 Å². The number of carbonyl (C=O) groups excluding carboxylic acids is 1. The summed E-state index contributed by atoms with van der Waals surface area (Å²) in [5, 5.41) is 3.32. The molecule has 2 nitrogen and oxygen atoms in total. The van der Waals surface area contributed by atoms with Crippen molar-refractivity contribution >= 4 is 5.78 Å². The molecule has 26 heavy (non-hydrogen) atoms. The molecule has 1 atom stereocenters. The summed E-state index contributed by atoms with van der Waals surface area (Å²) in [6.45, 7) is 8.51. The summed E-state index contributed by atoms with van der Waals surface area (Å²) in [5.74, 6) is 0.929. The number of hydrogen-bond donors (Lipinski definition) is 1. The van der Waals surface area contributed by atoms with Crippen LogP contribution in [0.25, 0.3) is 0 Å². The number of ketones is 1. The Hall–Kier alpha value is -0.630. The van der Waals surface area contributed by atoms with Crippen molar-refractivity contribution in [1.29, 1.82) is 0 Å². The zero-order valence-corrected chi connectivity index (χ0v) is 18.2. The van der Waals surface area contributed by atoms with Gasteiger partial charge in [0.25, 0.3) is 0 Å². The van der Waals surface area contributed by atoms with Gasteiger partial charge in [-0.25, -0.2) is 0 Å². The third kappa shape index (κ3) is 19.7. The third-order valence-corrected chi connectivity index (χ3v) is 5.04. The lowest BCUT2D eigenvalue weighted by atomic mass is 10.00. The van der Waals surface area contributed by atoms with Crippen LogP contribution in [0.15, 0.2) is 12.2 Å². The molecule has 0 unspecified atom stereocenters. The second-order valence-corrected chi connectivity index (χ2v) is 7.99. The smallest absolute Gasteiger partial charge is 0.133 e. The molecule has 0 rings (SSSR count). The lowest BCUT2D eigenvalue weighted by Gasteiger charge is -2.10. The van der Waals surface area contributed by atoms with Crippen LogP contribution >= 0.6 is 0 Å². The van der Waals surface area contributed by atoms with E-state index in [4.69, 9.17) is 0 Å². The van der Waals surface area contributed by atoms with Gasteiger partial charge in [0.2, 0.25) is 0 Å². The van der Waals surface area contributed by atoms with Crippen LogP contribution in [0.2, 0.25) is 0 Å². The SMILES string of the molecule is CCCCCCCC/C=C\CCCCCCCC(=O)C[C@@H](C)CNCC. The summed E-state index contributed by atoms with van der Waals surface area (Å²) in [6.07, 6.45) is 23.3. The lowest BCUT2D eigenvalue weighted by Crippen LogP contribution is -2.22. The van der Waals surface area contributed by atoms with Crippen LogP contribution in [0.4, 0.5) is 0 Å². The van der Waals surface area contributed by atoms with Gasteiger partial charge in [0.05, 0.1) is 0 Å². The molecule has 154 valence electrons. The second-order valence-electron chi connectivity index (χ2n) is 7.99. The minimum Gasteiger partial charge on any atom is -0.317 e. The molecule has 1 N–H and O–H groups in total. The fourth-order valence-corrected chi connectivity index (χ4v) is 3.35. The zero-order valence-electron chi connectivity index (χ0n) is 18.2. The van der Waals surface area contributed by atoms with Gasteiger partial charge in [0, 0.05) is 12.8 Å². The maximum Gasteiger partial charge on any atom is 0.133 e. The minimum absolute atomic E-state index is 0.452. The van der Waals surface area contributed by atoms with Gasteiger partial charge >= 0.3 is 0 Å². The van der Waals surface area contributed by atoms with E-state index in [-0.39, 0.29) is 0 Å². The Bertz CT molecular complexity index is 324. The molecule has 0 aliphatic rings. The van der Waals surface area contributed by atoms with Crippen LogP contribution in [0.1, 0.15) is 117 Å². The molecule has 0 aromatic rings. The Morgan fingerprint density at radius 2 is 1.35 bits per heavy atom. The maximum atomic E-state index is 11.9. The molecular weight excluding hydrogens is 318 g/mol. The van der Waals surface area contributed by atoms with E-state index in [1.54, 1.807) is 0 Å². The number of carbonyl (C=O) groups is 1. The first-order chi connectivity index (χ1) is 12.7. The molecule has 0 saturated carbocycles. The molecular formula is C24H47NO. The predicted molar refractivity (Wildman–Crippen MR) is 117 cm³/mol. The molecule has 0 amide bonds. The van der Waals surface area contributed by atoms with Crippen molar-refractivity contribution < 1.29 is 4.79 Å². The Morgan fingerprint density at radius 1 is 0.808 bits per heavy atom. The molecule has 0 heterocycles. The molecule has 0 aliphatic carbocycles. The molecule has 0 aliphatic heterocycles. The van der Waals surface area contributed by atoms with Gasteiger partial charge in [0.15, 0.2) is 0 Å². The van der Waals surface area contributed by atoms with Crippen molar-refractivity contribution in [3.63, 3.8) is 0 Å². The fourth-order valence-electron chi connectivity index (χ4n) is 3.35. The number of hydrogen-bond acceptors (Lipinski definition) is 2. The first-order valence-electron chi connectivity index (χ1n) is 11.6. The molecule has 0 radical (unpaired) electrons. The number of rotatable bonds is 20. The molecule has 2 heteroatoms. The van der Waals surface area contributed by atoms with E-state index in [1.165, 1.54) is 77.0 Å². The van der Waals surface area contributed by atoms with E-state index in [2.05, 4.69) is 38.2 Å². The van der Waals surface area contributed by atoms with Gasteiger partial charge in [0.1, 0.15) is 5.78 Å². The van der Waals surface area contributed by atoms with Gasteiger partial charge in [-0.15, -0.1) is 0 Å². The molecule has 0 aromatic heterocycles. The normalized spacial score (nSPS) is 12.7. The summed E-state index contributed by atoms with van der Waals surface area (Å²) in [5.41, 5.74) is 0. The van der Waals surface area contributed by atoms with E-state index in [1.807, 2.05) is 0 Å². The largest absolute Gasteiger partial charge is 0.317 e. The number of Topliss-reactive ketones (excluding diaryl/α,β-unsaturated/α-hetero) is 1. The van der Waals surface area contributed by atoms with Crippen molar-refractivity contribution in [2.24, 2.45) is 5.92 Å². The van der Waals surface area contributed by atoms with E-state index in [0.717, 1.165) is 32.4 Å². The van der Waals surface area contributed by atoms with E-state index in [9.17, 15) is 4.79 Å². The molecule has 0 saturated heterocycles. The fraction of sp³-hybridized carbons (Fsp3) is 0.875. The van der Waals surface area contributed by atoms with Crippen LogP contribution in [0, 0.1) is 5.92 Å². The molecule has 0 aromatic carbocycles. The highest BCUT2D eigenvalue weighted by atomic mass is 16.1. The van der Waals surface area contributed by atoms with Gasteiger partial charge < -0.3 is 5.32 Å². The average molecular weight is 366 g/mol. The summed E-state index contributed by atoms with van der Waals surface area (Å²) in [7, 11) is 0.